The number of nitrogens with one attached hydrogen (secondary N) is 2. The topological polar surface area (TPSA) is 64.1 Å². The molecule has 1 aromatic carbocycles. The largest absolute Gasteiger partial charge is 0.493 e. The van der Waals surface area contributed by atoms with Crippen LogP contribution in [0, 0.1) is 0 Å². The van der Waals surface area contributed by atoms with E-state index in [0.717, 1.165) is 6.42 Å². The van der Waals surface area contributed by atoms with Crippen molar-refractivity contribution in [3.8, 4) is 11.5 Å². The third-order valence-electron chi connectivity index (χ3n) is 2.74. The van der Waals surface area contributed by atoms with Crippen molar-refractivity contribution < 1.29 is 23.0 Å². The fourth-order valence-electron chi connectivity index (χ4n) is 1.69. The molecule has 0 fully saturated rings. The molecule has 134 valence electrons. The third-order valence-corrected chi connectivity index (χ3v) is 2.97. The molecule has 0 aliphatic heterocycles. The molecule has 0 bridgehead atoms. The molecule has 1 rings (SSSR count). The van der Waals surface area contributed by atoms with Crippen molar-refractivity contribution in [2.45, 2.75) is 20.0 Å². The van der Waals surface area contributed by atoms with E-state index in [4.69, 9.17) is 21.7 Å². The Morgan fingerprint density at radius 1 is 1.38 bits per heavy atom. The molecule has 0 amide bonds. The number of nitrogens with zero attached hydrogens (tertiary/aromatic N) is 1. The first-order valence-electron chi connectivity index (χ1n) is 7.34. The Balaban J connectivity index is 2.47. The van der Waals surface area contributed by atoms with E-state index in [0.29, 0.717) is 30.4 Å². The molecular weight excluding hydrogens is 340 g/mol. The van der Waals surface area contributed by atoms with Gasteiger partial charge < -0.3 is 19.5 Å². The van der Waals surface area contributed by atoms with E-state index >= 15 is 0 Å². The molecule has 0 atom stereocenters. The normalized spacial score (nSPS) is 10.9. The highest BCUT2D eigenvalue weighted by atomic mass is 32.1. The van der Waals surface area contributed by atoms with Gasteiger partial charge in [-0.15, -0.1) is 0 Å². The molecule has 0 saturated heterocycles. The minimum absolute atomic E-state index is 0.0620. The predicted octanol–water partition coefficient (Wildman–Crippen LogP) is 2.52. The molecule has 9 heteroatoms. The van der Waals surface area contributed by atoms with Crippen molar-refractivity contribution in [1.29, 1.82) is 0 Å². The SMILES string of the molecule is CCOCCCNC(=S)N/N=C\c1ccc(OC)c(OC(F)F)c1. The highest BCUT2D eigenvalue weighted by Crippen LogP contribution is 2.28. The van der Waals surface area contributed by atoms with Crippen LogP contribution in [0.4, 0.5) is 8.78 Å². The lowest BCUT2D eigenvalue weighted by atomic mass is 10.2. The van der Waals surface area contributed by atoms with Crippen molar-refractivity contribution in [2.24, 2.45) is 5.10 Å². The Bertz CT molecular complexity index is 545. The van der Waals surface area contributed by atoms with Crippen LogP contribution in [0.1, 0.15) is 18.9 Å². The quantitative estimate of drug-likeness (QED) is 0.289. The third kappa shape index (κ3) is 8.02. The Morgan fingerprint density at radius 3 is 2.83 bits per heavy atom. The number of hydrazone groups is 1. The summed E-state index contributed by atoms with van der Waals surface area (Å²) in [7, 11) is 1.37. The van der Waals surface area contributed by atoms with Gasteiger partial charge in [-0.25, -0.2) is 0 Å². The molecule has 2 N–H and O–H groups in total. The van der Waals surface area contributed by atoms with Gasteiger partial charge in [-0.1, -0.05) is 0 Å². The average molecular weight is 361 g/mol. The lowest BCUT2D eigenvalue weighted by Crippen LogP contribution is -2.33. The van der Waals surface area contributed by atoms with Gasteiger partial charge in [-0.3, -0.25) is 5.43 Å². The van der Waals surface area contributed by atoms with Crippen LogP contribution in [0.5, 0.6) is 11.5 Å². The van der Waals surface area contributed by atoms with Crippen molar-refractivity contribution in [1.82, 2.24) is 10.7 Å². The van der Waals surface area contributed by atoms with Crippen LogP contribution in [0.25, 0.3) is 0 Å². The van der Waals surface area contributed by atoms with Crippen molar-refractivity contribution >= 4 is 23.5 Å². The molecule has 24 heavy (non-hydrogen) atoms. The zero-order chi connectivity index (χ0) is 17.8. The summed E-state index contributed by atoms with van der Waals surface area (Å²) in [6.07, 6.45) is 2.26. The predicted molar refractivity (Wildman–Crippen MR) is 92.1 cm³/mol. The molecule has 1 aromatic rings. The van der Waals surface area contributed by atoms with Crippen LogP contribution < -0.4 is 20.2 Å². The summed E-state index contributed by atoms with van der Waals surface area (Å²) < 4.78 is 39.3. The van der Waals surface area contributed by atoms with E-state index in [2.05, 4.69) is 20.6 Å². The molecule has 0 unspecified atom stereocenters. The Hall–Kier alpha value is -2.00. The van der Waals surface area contributed by atoms with Gasteiger partial charge in [0.25, 0.3) is 0 Å². The van der Waals surface area contributed by atoms with E-state index in [1.165, 1.54) is 25.5 Å². The summed E-state index contributed by atoms with van der Waals surface area (Å²) in [5, 5.41) is 7.27. The van der Waals surface area contributed by atoms with Gasteiger partial charge in [0, 0.05) is 19.8 Å². The monoisotopic (exact) mass is 361 g/mol. The smallest absolute Gasteiger partial charge is 0.387 e. The second-order valence-electron chi connectivity index (χ2n) is 4.47. The van der Waals surface area contributed by atoms with E-state index < -0.39 is 6.61 Å². The van der Waals surface area contributed by atoms with Crippen molar-refractivity contribution in [3.63, 3.8) is 0 Å². The zero-order valence-electron chi connectivity index (χ0n) is 13.6. The van der Waals surface area contributed by atoms with Crippen molar-refractivity contribution in [2.75, 3.05) is 26.9 Å². The van der Waals surface area contributed by atoms with E-state index in [1.807, 2.05) is 6.92 Å². The number of methoxy groups -OCH3 is 1. The number of thiocarbonyl (C=S) groups is 1. The summed E-state index contributed by atoms with van der Waals surface area (Å²) in [4.78, 5) is 0. The number of halogens is 2. The maximum atomic E-state index is 12.4. The van der Waals surface area contributed by atoms with Crippen LogP contribution in [-0.2, 0) is 4.74 Å². The molecule has 0 aliphatic rings. The minimum Gasteiger partial charge on any atom is -0.493 e. The molecule has 0 heterocycles. The number of ether oxygens (including phenoxy) is 3. The molecule has 6 nitrogen and oxygen atoms in total. The van der Waals surface area contributed by atoms with Crippen LogP contribution in [0.15, 0.2) is 23.3 Å². The fourth-order valence-corrected chi connectivity index (χ4v) is 1.84. The number of alkyl halides is 2. The standard InChI is InChI=1S/C15H21F2N3O3S/c1-3-22-8-4-7-18-15(24)20-19-10-11-5-6-12(21-2)13(9-11)23-14(16)17/h5-6,9-10,14H,3-4,7-8H2,1-2H3,(H2,18,20,24)/b19-10-. The van der Waals surface area contributed by atoms with Gasteiger partial charge in [0.05, 0.1) is 13.3 Å². The molecular formula is C15H21F2N3O3S. The van der Waals surface area contributed by atoms with Gasteiger partial charge in [0.1, 0.15) is 0 Å². The number of rotatable bonds is 10. The van der Waals surface area contributed by atoms with E-state index in [-0.39, 0.29) is 11.5 Å². The van der Waals surface area contributed by atoms with Gasteiger partial charge >= 0.3 is 6.61 Å². The van der Waals surface area contributed by atoms with Gasteiger partial charge in [0.15, 0.2) is 16.6 Å². The second-order valence-corrected chi connectivity index (χ2v) is 4.87. The Kier molecular flexibility index (Phi) is 9.62. The lowest BCUT2D eigenvalue weighted by molar-refractivity contribution is -0.0512. The molecule has 0 radical (unpaired) electrons. The van der Waals surface area contributed by atoms with Crippen LogP contribution >= 0.6 is 12.2 Å². The first-order valence-corrected chi connectivity index (χ1v) is 7.75. The van der Waals surface area contributed by atoms with Crippen molar-refractivity contribution in [3.05, 3.63) is 23.8 Å². The Labute approximate surface area is 145 Å². The number of hydrogen-bond donors (Lipinski definition) is 2. The lowest BCUT2D eigenvalue weighted by Gasteiger charge is -2.10. The first-order chi connectivity index (χ1) is 11.6. The Morgan fingerprint density at radius 2 is 2.17 bits per heavy atom. The van der Waals surface area contributed by atoms with Gasteiger partial charge in [0.2, 0.25) is 0 Å². The summed E-state index contributed by atoms with van der Waals surface area (Å²) in [6, 6.07) is 4.57. The summed E-state index contributed by atoms with van der Waals surface area (Å²) in [5.74, 6) is 0.153. The highest BCUT2D eigenvalue weighted by Gasteiger charge is 2.10. The zero-order valence-corrected chi connectivity index (χ0v) is 14.4. The molecule has 0 aliphatic carbocycles. The van der Waals surface area contributed by atoms with Crippen LogP contribution in [0.2, 0.25) is 0 Å². The van der Waals surface area contributed by atoms with E-state index in [1.54, 1.807) is 6.07 Å². The number of hydrogen-bond acceptors (Lipinski definition) is 5. The summed E-state index contributed by atoms with van der Waals surface area (Å²) in [6.45, 7) is 1.01. The van der Waals surface area contributed by atoms with E-state index in [9.17, 15) is 8.78 Å². The molecule has 0 aromatic heterocycles. The van der Waals surface area contributed by atoms with Gasteiger partial charge in [-0.05, 0) is 49.3 Å². The van der Waals surface area contributed by atoms with Gasteiger partial charge in [-0.2, -0.15) is 13.9 Å². The maximum Gasteiger partial charge on any atom is 0.387 e. The summed E-state index contributed by atoms with van der Waals surface area (Å²) in [5.41, 5.74) is 3.19. The van der Waals surface area contributed by atoms with Crippen LogP contribution in [-0.4, -0.2) is 44.8 Å². The summed E-state index contributed by atoms with van der Waals surface area (Å²) >= 11 is 5.05. The average Bonchev–Trinajstić information content (AvgIpc) is 2.54. The molecule has 0 spiro atoms. The second kappa shape index (κ2) is 11.5. The highest BCUT2D eigenvalue weighted by molar-refractivity contribution is 7.80. The number of benzene rings is 1. The molecule has 0 saturated carbocycles. The maximum absolute atomic E-state index is 12.4. The first kappa shape index (κ1) is 20.0. The van der Waals surface area contributed by atoms with Crippen LogP contribution in [0.3, 0.4) is 0 Å². The fraction of sp³-hybridized carbons (Fsp3) is 0.467. The minimum atomic E-state index is -2.93.